The van der Waals surface area contributed by atoms with Crippen molar-refractivity contribution in [3.8, 4) is 5.75 Å². The van der Waals surface area contributed by atoms with Gasteiger partial charge in [-0.2, -0.15) is 0 Å². The monoisotopic (exact) mass is 504 g/mol. The number of methoxy groups -OCH3 is 1. The van der Waals surface area contributed by atoms with Crippen molar-refractivity contribution in [3.63, 3.8) is 0 Å². The Labute approximate surface area is 217 Å². The zero-order valence-electron chi connectivity index (χ0n) is 20.6. The van der Waals surface area contributed by atoms with Crippen molar-refractivity contribution >= 4 is 17.8 Å². The molecule has 0 N–H and O–H groups in total. The predicted octanol–water partition coefficient (Wildman–Crippen LogP) is 6.49. The van der Waals surface area contributed by atoms with Gasteiger partial charge in [-0.15, -0.1) is 0 Å². The van der Waals surface area contributed by atoms with Crippen LogP contribution >= 0.6 is 11.8 Å². The zero-order chi connectivity index (χ0) is 24.9. The summed E-state index contributed by atoms with van der Waals surface area (Å²) in [7, 11) is 1.67. The van der Waals surface area contributed by atoms with Crippen molar-refractivity contribution in [1.82, 2.24) is 0 Å². The molecule has 6 atom stereocenters. The topological polar surface area (TPSA) is 46.2 Å². The molecule has 5 nitrogen and oxygen atoms in total. The van der Waals surface area contributed by atoms with E-state index in [4.69, 9.17) is 23.7 Å². The molecular formula is C30H32O5S. The molecule has 3 aromatic rings. The summed E-state index contributed by atoms with van der Waals surface area (Å²) in [6.45, 7) is 6.96. The van der Waals surface area contributed by atoms with E-state index in [1.54, 1.807) is 18.9 Å². The molecular weight excluding hydrogens is 472 g/mol. The molecule has 2 aliphatic heterocycles. The fraction of sp³-hybridized carbons (Fsp3) is 0.333. The first kappa shape index (κ1) is 25.1. The van der Waals surface area contributed by atoms with Crippen LogP contribution in [0, 0.1) is 5.92 Å². The lowest BCUT2D eigenvalue weighted by molar-refractivity contribution is -0.317. The Morgan fingerprint density at radius 2 is 1.72 bits per heavy atom. The van der Waals surface area contributed by atoms with Crippen molar-refractivity contribution in [2.45, 2.75) is 48.5 Å². The van der Waals surface area contributed by atoms with Gasteiger partial charge in [-0.3, -0.25) is 0 Å². The van der Waals surface area contributed by atoms with E-state index in [1.165, 1.54) is 0 Å². The van der Waals surface area contributed by atoms with Crippen molar-refractivity contribution < 1.29 is 23.7 Å². The van der Waals surface area contributed by atoms with E-state index in [0.717, 1.165) is 27.3 Å². The molecule has 3 unspecified atom stereocenters. The van der Waals surface area contributed by atoms with E-state index < -0.39 is 6.29 Å². The average molecular weight is 505 g/mol. The summed E-state index contributed by atoms with van der Waals surface area (Å²) in [4.78, 5) is 1.12. The molecule has 2 fully saturated rings. The van der Waals surface area contributed by atoms with Crippen LogP contribution in [0.4, 0.5) is 0 Å². The summed E-state index contributed by atoms with van der Waals surface area (Å²) in [5.74, 6) is 0.919. The third kappa shape index (κ3) is 5.69. The van der Waals surface area contributed by atoms with Gasteiger partial charge in [0.15, 0.2) is 6.29 Å². The maximum absolute atomic E-state index is 6.59. The summed E-state index contributed by atoms with van der Waals surface area (Å²) in [6.07, 6.45) is 0.793. The molecule has 36 heavy (non-hydrogen) atoms. The van der Waals surface area contributed by atoms with E-state index >= 15 is 0 Å². The van der Waals surface area contributed by atoms with E-state index in [9.17, 15) is 0 Å². The number of fused-ring (bicyclic) bond motifs is 1. The Balaban J connectivity index is 1.35. The normalized spacial score (nSPS) is 27.7. The summed E-state index contributed by atoms with van der Waals surface area (Å²) in [6, 6.07) is 26.4. The second-order valence-corrected chi connectivity index (χ2v) is 10.3. The van der Waals surface area contributed by atoms with Gasteiger partial charge >= 0.3 is 0 Å². The van der Waals surface area contributed by atoms with Gasteiger partial charge in [-0.1, -0.05) is 85.9 Å². The van der Waals surface area contributed by atoms with E-state index in [1.807, 2.05) is 48.5 Å². The second kappa shape index (κ2) is 11.6. The molecule has 0 radical (unpaired) electrons. The first-order chi connectivity index (χ1) is 17.6. The second-order valence-electron chi connectivity index (χ2n) is 9.09. The molecule has 0 bridgehead atoms. The lowest BCUT2D eigenvalue weighted by atomic mass is 9.92. The maximum Gasteiger partial charge on any atom is 0.184 e. The Morgan fingerprint density at radius 1 is 0.972 bits per heavy atom. The van der Waals surface area contributed by atoms with Gasteiger partial charge in [0.25, 0.3) is 0 Å². The molecule has 0 saturated carbocycles. The van der Waals surface area contributed by atoms with Gasteiger partial charge in [0.2, 0.25) is 0 Å². The van der Waals surface area contributed by atoms with Gasteiger partial charge in [0.1, 0.15) is 23.4 Å². The van der Waals surface area contributed by atoms with Crippen LogP contribution in [0.3, 0.4) is 0 Å². The minimum Gasteiger partial charge on any atom is -0.497 e. The minimum absolute atomic E-state index is 0.0836. The predicted molar refractivity (Wildman–Crippen MR) is 142 cm³/mol. The van der Waals surface area contributed by atoms with Crippen LogP contribution < -0.4 is 4.74 Å². The molecule has 2 heterocycles. The van der Waals surface area contributed by atoms with E-state index in [0.29, 0.717) is 13.2 Å². The Kier molecular flexibility index (Phi) is 8.09. The molecule has 188 valence electrons. The average Bonchev–Trinajstić information content (AvgIpc) is 2.94. The van der Waals surface area contributed by atoms with Crippen molar-refractivity contribution in [1.29, 1.82) is 0 Å². The largest absolute Gasteiger partial charge is 0.497 e. The first-order valence-corrected chi connectivity index (χ1v) is 13.1. The quantitative estimate of drug-likeness (QED) is 0.349. The van der Waals surface area contributed by atoms with Crippen LogP contribution in [0.15, 0.2) is 90.3 Å². The number of thioether (sulfide) groups is 1. The van der Waals surface area contributed by atoms with Crippen LogP contribution in [0.1, 0.15) is 29.9 Å². The Morgan fingerprint density at radius 3 is 2.42 bits per heavy atom. The van der Waals surface area contributed by atoms with E-state index in [2.05, 4.69) is 49.9 Å². The van der Waals surface area contributed by atoms with Gasteiger partial charge in [0.05, 0.1) is 26.4 Å². The molecule has 0 aromatic heterocycles. The molecule has 0 spiro atoms. The van der Waals surface area contributed by atoms with Crippen LogP contribution in [0.2, 0.25) is 0 Å². The fourth-order valence-electron chi connectivity index (χ4n) is 4.60. The third-order valence-corrected chi connectivity index (χ3v) is 8.00. The summed E-state index contributed by atoms with van der Waals surface area (Å²) < 4.78 is 31.0. The summed E-state index contributed by atoms with van der Waals surface area (Å²) >= 11 is 1.70. The first-order valence-electron chi connectivity index (χ1n) is 12.3. The third-order valence-electron chi connectivity index (χ3n) is 6.68. The van der Waals surface area contributed by atoms with Crippen molar-refractivity contribution in [2.24, 2.45) is 5.92 Å². The number of rotatable bonds is 8. The molecule has 5 rings (SSSR count). The van der Waals surface area contributed by atoms with Gasteiger partial charge in [-0.25, -0.2) is 0 Å². The number of benzene rings is 3. The number of hydrogen-bond acceptors (Lipinski definition) is 6. The maximum atomic E-state index is 6.59. The Hall–Kier alpha value is -2.61. The highest BCUT2D eigenvalue weighted by molar-refractivity contribution is 7.99. The molecule has 2 saturated heterocycles. The molecule has 3 aromatic carbocycles. The van der Waals surface area contributed by atoms with Crippen LogP contribution in [-0.2, 0) is 25.6 Å². The molecule has 0 aliphatic carbocycles. The Bertz CT molecular complexity index is 1120. The van der Waals surface area contributed by atoms with Gasteiger partial charge in [0, 0.05) is 16.4 Å². The van der Waals surface area contributed by atoms with Crippen molar-refractivity contribution in [3.05, 3.63) is 102 Å². The standard InChI is InChI=1S/C30H32O5S/c1-4-21-10-12-22(13-11-21)18-32-27-20(2)30(36-25-16-14-24(31-3)15-17-25)34-26-19-33-29(35-28(26)27)23-8-6-5-7-9-23/h4-17,20,26-30H,1,18-19H2,2-3H3/t20?,26?,27-,28+,29?,30+/m1/s1. The molecule has 2 aliphatic rings. The summed E-state index contributed by atoms with van der Waals surface area (Å²) in [5.41, 5.74) is 3.10. The molecule has 0 amide bonds. The SMILES string of the molecule is C=Cc1ccc(CO[C@@H]2C(C)[C@H](Sc3ccc(OC)cc3)OC3COC(c4ccccc4)O[C@@H]32)cc1. The van der Waals surface area contributed by atoms with Crippen molar-refractivity contribution in [2.75, 3.05) is 13.7 Å². The smallest absolute Gasteiger partial charge is 0.184 e. The molecule has 6 heteroatoms. The van der Waals surface area contributed by atoms with Gasteiger partial charge in [-0.05, 0) is 35.4 Å². The minimum atomic E-state index is -0.438. The zero-order valence-corrected chi connectivity index (χ0v) is 21.4. The van der Waals surface area contributed by atoms with E-state index in [-0.39, 0.29) is 29.7 Å². The summed E-state index contributed by atoms with van der Waals surface area (Å²) in [5, 5.41) is 0. The lowest BCUT2D eigenvalue weighted by Gasteiger charge is -2.48. The van der Waals surface area contributed by atoms with Crippen LogP contribution in [0.25, 0.3) is 6.08 Å². The lowest BCUT2D eigenvalue weighted by Crippen LogP contribution is -2.58. The highest BCUT2D eigenvalue weighted by atomic mass is 32.2. The number of hydrogen-bond donors (Lipinski definition) is 0. The fourth-order valence-corrected chi connectivity index (χ4v) is 5.73. The van der Waals surface area contributed by atoms with Crippen LogP contribution in [-0.4, -0.2) is 37.5 Å². The van der Waals surface area contributed by atoms with Gasteiger partial charge < -0.3 is 23.7 Å². The van der Waals surface area contributed by atoms with Crippen LogP contribution in [0.5, 0.6) is 5.75 Å². The number of ether oxygens (including phenoxy) is 5. The highest BCUT2D eigenvalue weighted by Crippen LogP contribution is 2.43. The highest BCUT2D eigenvalue weighted by Gasteiger charge is 2.49.